The second-order valence-corrected chi connectivity index (χ2v) is 6.62. The minimum Gasteiger partial charge on any atom is -0.547 e. The Bertz CT molecular complexity index is 1190. The number of hydrogen-bond acceptors (Lipinski definition) is 4. The lowest BCUT2D eigenvalue weighted by atomic mass is 10.1. The van der Waals surface area contributed by atoms with Crippen molar-refractivity contribution in [1.82, 2.24) is 0 Å². The second-order valence-electron chi connectivity index (χ2n) is 6.62. The number of rotatable bonds is 4. The highest BCUT2D eigenvalue weighted by atomic mass is 16.4. The third-order valence-corrected chi connectivity index (χ3v) is 4.56. The van der Waals surface area contributed by atoms with Gasteiger partial charge in [-0.25, -0.2) is 0 Å². The molecule has 0 radical (unpaired) electrons. The molecule has 138 valence electrons. The fourth-order valence-electron chi connectivity index (χ4n) is 3.17. The summed E-state index contributed by atoms with van der Waals surface area (Å²) >= 11 is 0. The highest BCUT2D eigenvalue weighted by Crippen LogP contribution is 2.23. The van der Waals surface area contributed by atoms with Crippen LogP contribution in [0.5, 0.6) is 0 Å². The van der Waals surface area contributed by atoms with Crippen molar-refractivity contribution in [2.75, 3.05) is 0 Å². The molecule has 1 aromatic heterocycles. The molecular formula is C24H18NO3-. The molecule has 0 saturated carbocycles. The summed E-state index contributed by atoms with van der Waals surface area (Å²) in [7, 11) is 0. The van der Waals surface area contributed by atoms with Crippen molar-refractivity contribution in [3.05, 3.63) is 101 Å². The summed E-state index contributed by atoms with van der Waals surface area (Å²) in [6.07, 6.45) is 0. The van der Waals surface area contributed by atoms with E-state index in [-0.39, 0.29) is 0 Å². The number of hydrogen-bond donors (Lipinski definition) is 0. The van der Waals surface area contributed by atoms with Gasteiger partial charge in [0.1, 0.15) is 17.4 Å². The Morgan fingerprint density at radius 3 is 2.29 bits per heavy atom. The van der Waals surface area contributed by atoms with Crippen LogP contribution in [-0.4, -0.2) is 5.97 Å². The van der Waals surface area contributed by atoms with Gasteiger partial charge in [0.2, 0.25) is 0 Å². The number of carbonyl (C=O) groups excluding carboxylic acids is 1. The molecule has 0 fully saturated rings. The molecule has 0 unspecified atom stereocenters. The molecule has 1 heterocycles. The van der Waals surface area contributed by atoms with E-state index in [0.29, 0.717) is 22.3 Å². The number of carbonyl (C=O) groups is 1. The van der Waals surface area contributed by atoms with Crippen LogP contribution in [-0.2, 0) is 4.79 Å². The van der Waals surface area contributed by atoms with Gasteiger partial charge in [0.25, 0.3) is 0 Å². The molecule has 3 aromatic carbocycles. The molecule has 28 heavy (non-hydrogen) atoms. The van der Waals surface area contributed by atoms with Crippen LogP contribution in [0, 0.1) is 6.92 Å². The van der Waals surface area contributed by atoms with Crippen molar-refractivity contribution in [2.24, 2.45) is 4.99 Å². The van der Waals surface area contributed by atoms with Gasteiger partial charge < -0.3 is 14.3 Å². The monoisotopic (exact) mass is 368 g/mol. The third-order valence-electron chi connectivity index (χ3n) is 4.56. The number of carboxylic acid groups (broad SMARTS) is 1. The van der Waals surface area contributed by atoms with E-state index in [9.17, 15) is 9.90 Å². The van der Waals surface area contributed by atoms with Crippen LogP contribution in [0.25, 0.3) is 22.3 Å². The molecule has 0 spiro atoms. The summed E-state index contributed by atoms with van der Waals surface area (Å²) in [6.45, 7) is 1.97. The fraction of sp³-hybridized carbons (Fsp3) is 0.0833. The fourth-order valence-corrected chi connectivity index (χ4v) is 3.17. The molecule has 0 N–H and O–H groups in total. The number of aryl methyl sites for hydroxylation is 1. The zero-order valence-corrected chi connectivity index (χ0v) is 15.3. The predicted octanol–water partition coefficient (Wildman–Crippen LogP) is 3.80. The predicted molar refractivity (Wildman–Crippen MR) is 106 cm³/mol. The zero-order chi connectivity index (χ0) is 19.5. The lowest BCUT2D eigenvalue weighted by molar-refractivity contribution is -0.307. The summed E-state index contributed by atoms with van der Waals surface area (Å²) in [5, 5.41) is 13.2. The van der Waals surface area contributed by atoms with Gasteiger partial charge in [0.15, 0.2) is 0 Å². The molecular weight excluding hydrogens is 350 g/mol. The SMILES string of the molecule is Cc1ccc2oc(-c3ccccc3)cc(=N[C@H](C(=O)[O-])c3ccccc3)c2c1. The van der Waals surface area contributed by atoms with Gasteiger partial charge in [-0.1, -0.05) is 72.3 Å². The van der Waals surface area contributed by atoms with Crippen molar-refractivity contribution < 1.29 is 14.3 Å². The lowest BCUT2D eigenvalue weighted by Gasteiger charge is -2.14. The van der Waals surface area contributed by atoms with E-state index < -0.39 is 12.0 Å². The van der Waals surface area contributed by atoms with Crippen molar-refractivity contribution >= 4 is 16.9 Å². The summed E-state index contributed by atoms with van der Waals surface area (Å²) in [6, 6.07) is 25.0. The minimum absolute atomic E-state index is 0.557. The molecule has 0 aliphatic heterocycles. The molecule has 0 amide bonds. The van der Waals surface area contributed by atoms with Gasteiger partial charge in [0, 0.05) is 17.0 Å². The Hall–Kier alpha value is -3.66. The van der Waals surface area contributed by atoms with Gasteiger partial charge in [-0.05, 0) is 24.6 Å². The average molecular weight is 368 g/mol. The van der Waals surface area contributed by atoms with Crippen LogP contribution in [0.3, 0.4) is 0 Å². The molecule has 1 atom stereocenters. The molecule has 4 rings (SSSR count). The Morgan fingerprint density at radius 1 is 0.929 bits per heavy atom. The van der Waals surface area contributed by atoms with Crippen LogP contribution >= 0.6 is 0 Å². The van der Waals surface area contributed by atoms with E-state index in [1.165, 1.54) is 0 Å². The highest BCUT2D eigenvalue weighted by molar-refractivity contribution is 5.80. The van der Waals surface area contributed by atoms with Crippen LogP contribution < -0.4 is 10.5 Å². The Balaban J connectivity index is 1.99. The van der Waals surface area contributed by atoms with Gasteiger partial charge in [-0.3, -0.25) is 4.99 Å². The number of carboxylic acids is 1. The van der Waals surface area contributed by atoms with Crippen LogP contribution in [0.4, 0.5) is 0 Å². The second kappa shape index (κ2) is 7.53. The van der Waals surface area contributed by atoms with E-state index in [2.05, 4.69) is 4.99 Å². The number of nitrogens with zero attached hydrogens (tertiary/aromatic N) is 1. The van der Waals surface area contributed by atoms with Crippen molar-refractivity contribution in [2.45, 2.75) is 13.0 Å². The molecule has 0 aliphatic rings. The van der Waals surface area contributed by atoms with Gasteiger partial charge >= 0.3 is 0 Å². The Labute approximate surface area is 162 Å². The zero-order valence-electron chi connectivity index (χ0n) is 15.3. The number of aliphatic carboxylic acids is 1. The van der Waals surface area contributed by atoms with Gasteiger partial charge in [0.05, 0.1) is 11.3 Å². The lowest BCUT2D eigenvalue weighted by Crippen LogP contribution is -2.30. The van der Waals surface area contributed by atoms with Crippen LogP contribution in [0.15, 0.2) is 94.3 Å². The summed E-state index contributed by atoms with van der Waals surface area (Å²) < 4.78 is 6.07. The normalized spacial score (nSPS) is 12.8. The average Bonchev–Trinajstić information content (AvgIpc) is 2.73. The first-order chi connectivity index (χ1) is 13.6. The molecule has 0 saturated heterocycles. The maximum absolute atomic E-state index is 11.8. The number of benzene rings is 3. The summed E-state index contributed by atoms with van der Waals surface area (Å²) in [5.74, 6) is -0.616. The molecule has 0 aliphatic carbocycles. The molecule has 4 aromatic rings. The summed E-state index contributed by atoms with van der Waals surface area (Å²) in [4.78, 5) is 16.4. The Kier molecular flexibility index (Phi) is 4.77. The first kappa shape index (κ1) is 17.7. The van der Waals surface area contributed by atoms with E-state index in [0.717, 1.165) is 16.5 Å². The third kappa shape index (κ3) is 3.58. The largest absolute Gasteiger partial charge is 0.547 e. The first-order valence-corrected chi connectivity index (χ1v) is 9.01. The van der Waals surface area contributed by atoms with Crippen molar-refractivity contribution in [3.8, 4) is 11.3 Å². The quantitative estimate of drug-likeness (QED) is 0.550. The highest BCUT2D eigenvalue weighted by Gasteiger charge is 2.12. The Morgan fingerprint density at radius 2 is 1.61 bits per heavy atom. The summed E-state index contributed by atoms with van der Waals surface area (Å²) in [5.41, 5.74) is 3.16. The smallest absolute Gasteiger partial charge is 0.136 e. The van der Waals surface area contributed by atoms with Gasteiger partial charge in [-0.2, -0.15) is 0 Å². The topological polar surface area (TPSA) is 65.6 Å². The first-order valence-electron chi connectivity index (χ1n) is 9.01. The van der Waals surface area contributed by atoms with Crippen molar-refractivity contribution in [3.63, 3.8) is 0 Å². The van der Waals surface area contributed by atoms with Crippen LogP contribution in [0.1, 0.15) is 17.2 Å². The van der Waals surface area contributed by atoms with E-state index in [1.807, 2.05) is 61.5 Å². The maximum Gasteiger partial charge on any atom is 0.136 e. The van der Waals surface area contributed by atoms with Gasteiger partial charge in [-0.15, -0.1) is 0 Å². The molecule has 4 nitrogen and oxygen atoms in total. The maximum atomic E-state index is 11.8. The number of fused-ring (bicyclic) bond motifs is 1. The molecule has 4 heteroatoms. The van der Waals surface area contributed by atoms with Crippen molar-refractivity contribution in [1.29, 1.82) is 0 Å². The van der Waals surface area contributed by atoms with Crippen LogP contribution in [0.2, 0.25) is 0 Å². The van der Waals surface area contributed by atoms with E-state index in [1.54, 1.807) is 30.3 Å². The molecule has 0 bridgehead atoms. The van der Waals surface area contributed by atoms with E-state index >= 15 is 0 Å². The minimum atomic E-state index is -1.24. The van der Waals surface area contributed by atoms with E-state index in [4.69, 9.17) is 4.42 Å². The standard InChI is InChI=1S/C24H19NO3/c1-16-12-13-21-19(14-16)20(15-22(28-21)17-8-4-2-5-9-17)25-23(24(26)27)18-10-6-3-7-11-18/h2-15,23H,1H3,(H,26,27)/p-1/t23-/m0/s1.